The van der Waals surface area contributed by atoms with Gasteiger partial charge in [-0.2, -0.15) is 5.26 Å². The zero-order valence-electron chi connectivity index (χ0n) is 3.81. The minimum absolute atomic E-state index is 0.472. The molecule has 3 nitrogen and oxygen atoms in total. The molecule has 0 saturated heterocycles. The molecular formula is C4H5N3. The van der Waals surface area contributed by atoms with E-state index in [9.17, 15) is 0 Å². The Kier molecular flexibility index (Phi) is 0.947. The summed E-state index contributed by atoms with van der Waals surface area (Å²) < 4.78 is 0. The van der Waals surface area contributed by atoms with Crippen LogP contribution in [-0.2, 0) is 0 Å². The lowest BCUT2D eigenvalue weighted by Gasteiger charge is -1.82. The highest BCUT2D eigenvalue weighted by Crippen LogP contribution is 1.80. The van der Waals surface area contributed by atoms with Crippen LogP contribution in [0.15, 0.2) is 4.99 Å². The molecule has 7 heavy (non-hydrogen) atoms. The summed E-state index contributed by atoms with van der Waals surface area (Å²) in [4.78, 5) is 3.80. The monoisotopic (exact) mass is 95.0 g/mol. The smallest absolute Gasteiger partial charge is 0.201 e. The van der Waals surface area contributed by atoms with E-state index >= 15 is 0 Å². The Labute approximate surface area is 41.7 Å². The van der Waals surface area contributed by atoms with Gasteiger partial charge in [-0.15, -0.1) is 0 Å². The SMILES string of the molecule is N#CC1=NCCN1. The van der Waals surface area contributed by atoms with Crippen LogP contribution in [0, 0.1) is 11.3 Å². The summed E-state index contributed by atoms with van der Waals surface area (Å²) >= 11 is 0. The van der Waals surface area contributed by atoms with E-state index in [1.807, 2.05) is 6.07 Å². The predicted octanol–water partition coefficient (Wildman–Crippen LogP) is -0.488. The number of hydrogen-bond acceptors (Lipinski definition) is 3. The Hall–Kier alpha value is -1.04. The second-order valence-electron chi connectivity index (χ2n) is 1.27. The number of hydrogen-bond donors (Lipinski definition) is 1. The maximum atomic E-state index is 8.12. The molecule has 0 aromatic rings. The van der Waals surface area contributed by atoms with Gasteiger partial charge in [0.05, 0.1) is 6.54 Å². The predicted molar refractivity (Wildman–Crippen MR) is 25.9 cm³/mol. The quantitative estimate of drug-likeness (QED) is 0.441. The Morgan fingerprint density at radius 2 is 2.71 bits per heavy atom. The zero-order chi connectivity index (χ0) is 5.11. The molecule has 1 heterocycles. The second kappa shape index (κ2) is 1.61. The van der Waals surface area contributed by atoms with Gasteiger partial charge < -0.3 is 5.32 Å². The van der Waals surface area contributed by atoms with E-state index in [1.165, 1.54) is 0 Å². The van der Waals surface area contributed by atoms with Gasteiger partial charge in [-0.3, -0.25) is 4.99 Å². The molecule has 0 aromatic carbocycles. The van der Waals surface area contributed by atoms with Crippen LogP contribution in [-0.4, -0.2) is 18.9 Å². The molecule has 1 aliphatic rings. The molecule has 1 aliphatic heterocycles. The molecule has 0 spiro atoms. The first-order chi connectivity index (χ1) is 3.43. The fourth-order valence-electron chi connectivity index (χ4n) is 0.473. The number of nitrogens with zero attached hydrogens (tertiary/aromatic N) is 2. The van der Waals surface area contributed by atoms with Crippen molar-refractivity contribution in [3.05, 3.63) is 0 Å². The van der Waals surface area contributed by atoms with Crippen LogP contribution >= 0.6 is 0 Å². The molecule has 1 N–H and O–H groups in total. The number of amidine groups is 1. The van der Waals surface area contributed by atoms with Crippen LogP contribution in [0.5, 0.6) is 0 Å². The molecule has 0 saturated carbocycles. The third kappa shape index (κ3) is 0.686. The molecule has 36 valence electrons. The van der Waals surface area contributed by atoms with Crippen LogP contribution in [0.2, 0.25) is 0 Å². The summed E-state index contributed by atoms with van der Waals surface area (Å²) in [7, 11) is 0. The van der Waals surface area contributed by atoms with Gasteiger partial charge >= 0.3 is 0 Å². The van der Waals surface area contributed by atoms with E-state index in [1.54, 1.807) is 0 Å². The van der Waals surface area contributed by atoms with Gasteiger partial charge in [0.25, 0.3) is 0 Å². The van der Waals surface area contributed by atoms with Crippen molar-refractivity contribution < 1.29 is 0 Å². The summed E-state index contributed by atoms with van der Waals surface area (Å²) in [5, 5.41) is 10.9. The molecule has 1 rings (SSSR count). The Morgan fingerprint density at radius 1 is 1.86 bits per heavy atom. The van der Waals surface area contributed by atoms with E-state index in [0.29, 0.717) is 5.84 Å². The number of rotatable bonds is 0. The maximum absolute atomic E-state index is 8.12. The minimum Gasteiger partial charge on any atom is -0.360 e. The van der Waals surface area contributed by atoms with Crippen molar-refractivity contribution in [2.75, 3.05) is 13.1 Å². The van der Waals surface area contributed by atoms with Gasteiger partial charge in [0.15, 0.2) is 0 Å². The summed E-state index contributed by atoms with van der Waals surface area (Å²) in [5.41, 5.74) is 0. The van der Waals surface area contributed by atoms with E-state index in [-0.39, 0.29) is 0 Å². The van der Waals surface area contributed by atoms with E-state index in [2.05, 4.69) is 10.3 Å². The van der Waals surface area contributed by atoms with Gasteiger partial charge in [0.1, 0.15) is 6.07 Å². The standard InChI is InChI=1S/C4H5N3/c5-3-4-6-1-2-7-4/h1-2H2,(H,6,7). The van der Waals surface area contributed by atoms with Crippen molar-refractivity contribution in [3.63, 3.8) is 0 Å². The van der Waals surface area contributed by atoms with Crippen LogP contribution in [0.25, 0.3) is 0 Å². The lowest BCUT2D eigenvalue weighted by molar-refractivity contribution is 0.961. The molecule has 0 amide bonds. The number of nitriles is 1. The van der Waals surface area contributed by atoms with Gasteiger partial charge in [-0.25, -0.2) is 0 Å². The Balaban J connectivity index is 2.57. The minimum atomic E-state index is 0.472. The molecule has 0 aliphatic carbocycles. The largest absolute Gasteiger partial charge is 0.360 e. The van der Waals surface area contributed by atoms with E-state index in [0.717, 1.165) is 13.1 Å². The molecular weight excluding hydrogens is 90.1 g/mol. The van der Waals surface area contributed by atoms with Crippen molar-refractivity contribution in [1.82, 2.24) is 5.32 Å². The summed E-state index contributed by atoms with van der Waals surface area (Å²) in [6, 6.07) is 1.90. The van der Waals surface area contributed by atoms with Crippen LogP contribution in [0.4, 0.5) is 0 Å². The summed E-state index contributed by atoms with van der Waals surface area (Å²) in [6.07, 6.45) is 0. The molecule has 0 radical (unpaired) electrons. The van der Waals surface area contributed by atoms with Crippen molar-refractivity contribution in [3.8, 4) is 6.07 Å². The molecule has 0 aromatic heterocycles. The number of aliphatic imine (C=N–C) groups is 1. The summed E-state index contributed by atoms with van der Waals surface area (Å²) in [5.74, 6) is 0.472. The molecule has 0 bridgehead atoms. The fourth-order valence-corrected chi connectivity index (χ4v) is 0.473. The zero-order valence-corrected chi connectivity index (χ0v) is 3.81. The third-order valence-corrected chi connectivity index (χ3v) is 0.780. The van der Waals surface area contributed by atoms with E-state index in [4.69, 9.17) is 5.26 Å². The maximum Gasteiger partial charge on any atom is 0.201 e. The first-order valence-corrected chi connectivity index (χ1v) is 2.12. The van der Waals surface area contributed by atoms with Crippen LogP contribution < -0.4 is 5.32 Å². The average molecular weight is 95.1 g/mol. The lowest BCUT2D eigenvalue weighted by atomic mass is 10.7. The second-order valence-corrected chi connectivity index (χ2v) is 1.27. The van der Waals surface area contributed by atoms with Crippen LogP contribution in [0.3, 0.4) is 0 Å². The highest BCUT2D eigenvalue weighted by Gasteiger charge is 1.99. The van der Waals surface area contributed by atoms with Gasteiger partial charge in [-0.1, -0.05) is 0 Å². The van der Waals surface area contributed by atoms with Gasteiger partial charge in [-0.05, 0) is 0 Å². The molecule has 3 heteroatoms. The molecule has 0 unspecified atom stereocenters. The first kappa shape index (κ1) is 4.13. The van der Waals surface area contributed by atoms with Crippen molar-refractivity contribution in [2.24, 2.45) is 4.99 Å². The molecule has 0 fully saturated rings. The third-order valence-electron chi connectivity index (χ3n) is 0.780. The highest BCUT2D eigenvalue weighted by molar-refractivity contribution is 5.97. The topological polar surface area (TPSA) is 48.2 Å². The van der Waals surface area contributed by atoms with E-state index < -0.39 is 0 Å². The summed E-state index contributed by atoms with van der Waals surface area (Å²) in [6.45, 7) is 1.58. The van der Waals surface area contributed by atoms with Gasteiger partial charge in [0, 0.05) is 6.54 Å². The van der Waals surface area contributed by atoms with Crippen molar-refractivity contribution in [1.29, 1.82) is 5.26 Å². The normalized spacial score (nSPS) is 17.3. The fraction of sp³-hybridized carbons (Fsp3) is 0.500. The van der Waals surface area contributed by atoms with Crippen molar-refractivity contribution in [2.45, 2.75) is 0 Å². The average Bonchev–Trinajstić information content (AvgIpc) is 2.14. The number of nitrogens with one attached hydrogen (secondary N) is 1. The van der Waals surface area contributed by atoms with Gasteiger partial charge in [0.2, 0.25) is 5.84 Å². The first-order valence-electron chi connectivity index (χ1n) is 2.12. The Bertz CT molecular complexity index is 130. The Morgan fingerprint density at radius 3 is 3.00 bits per heavy atom. The van der Waals surface area contributed by atoms with Crippen molar-refractivity contribution >= 4 is 5.84 Å². The highest BCUT2D eigenvalue weighted by atomic mass is 15.1. The van der Waals surface area contributed by atoms with Crippen LogP contribution in [0.1, 0.15) is 0 Å². The lowest BCUT2D eigenvalue weighted by Crippen LogP contribution is -2.15. The molecule has 0 atom stereocenters.